The molecule has 0 unspecified atom stereocenters. The van der Waals surface area contributed by atoms with Crippen LogP contribution in [0.3, 0.4) is 0 Å². The average Bonchev–Trinajstić information content (AvgIpc) is 2.56. The van der Waals surface area contributed by atoms with E-state index in [-0.39, 0.29) is 11.9 Å². The maximum Gasteiger partial charge on any atom is 0.309 e. The molecule has 0 aromatic carbocycles. The van der Waals surface area contributed by atoms with Crippen LogP contribution in [0.25, 0.3) is 0 Å². The smallest absolute Gasteiger partial charge is 0.309 e. The molecule has 0 atom stereocenters. The fraction of sp³-hybridized carbons (Fsp3) is 0.900. The molecule has 0 spiro atoms. The van der Waals surface area contributed by atoms with Crippen molar-refractivity contribution in [1.82, 2.24) is 0 Å². The zero-order valence-corrected chi connectivity index (χ0v) is 15.7. The van der Waals surface area contributed by atoms with Gasteiger partial charge in [0.1, 0.15) is 0 Å². The minimum Gasteiger partial charge on any atom is -0.422 e. The standard InChI is InChI=1S/C20H36O4/c1-3-5-7-10-14-18(21)23-20(16-12-9-13-17-20)24-19(22)15-11-8-6-4-2/h3-17H2,1-2H3. The first-order chi connectivity index (χ1) is 11.6. The summed E-state index contributed by atoms with van der Waals surface area (Å²) < 4.78 is 11.4. The summed E-state index contributed by atoms with van der Waals surface area (Å²) in [5.74, 6) is -1.42. The summed E-state index contributed by atoms with van der Waals surface area (Å²) in [6.07, 6.45) is 13.6. The monoisotopic (exact) mass is 340 g/mol. The summed E-state index contributed by atoms with van der Waals surface area (Å²) in [6, 6.07) is 0. The summed E-state index contributed by atoms with van der Waals surface area (Å²) in [4.78, 5) is 24.3. The minimum absolute atomic E-state index is 0.216. The van der Waals surface area contributed by atoms with Crippen LogP contribution in [-0.4, -0.2) is 17.7 Å². The predicted molar refractivity (Wildman–Crippen MR) is 95.5 cm³/mol. The van der Waals surface area contributed by atoms with E-state index in [0.717, 1.165) is 70.6 Å². The van der Waals surface area contributed by atoms with Gasteiger partial charge in [-0.2, -0.15) is 0 Å². The van der Waals surface area contributed by atoms with Crippen LogP contribution in [0.15, 0.2) is 0 Å². The molecule has 0 aliphatic heterocycles. The lowest BCUT2D eigenvalue weighted by atomic mass is 9.94. The van der Waals surface area contributed by atoms with Gasteiger partial charge in [0.25, 0.3) is 5.79 Å². The van der Waals surface area contributed by atoms with Gasteiger partial charge < -0.3 is 9.47 Å². The van der Waals surface area contributed by atoms with Crippen LogP contribution in [0.1, 0.15) is 110 Å². The highest BCUT2D eigenvalue weighted by Crippen LogP contribution is 2.34. The van der Waals surface area contributed by atoms with Crippen LogP contribution < -0.4 is 0 Å². The highest BCUT2D eigenvalue weighted by Gasteiger charge is 2.39. The molecule has 4 nitrogen and oxygen atoms in total. The first-order valence-electron chi connectivity index (χ1n) is 10.1. The molecule has 0 amide bonds. The average molecular weight is 341 g/mol. The van der Waals surface area contributed by atoms with Crippen LogP contribution in [0.4, 0.5) is 0 Å². The molecule has 0 aromatic heterocycles. The molecule has 1 aliphatic rings. The Kier molecular flexibility index (Phi) is 10.8. The molecular formula is C20H36O4. The van der Waals surface area contributed by atoms with E-state index in [0.29, 0.717) is 25.7 Å². The van der Waals surface area contributed by atoms with Crippen molar-refractivity contribution in [2.45, 2.75) is 116 Å². The van der Waals surface area contributed by atoms with Crippen molar-refractivity contribution in [3.8, 4) is 0 Å². The third-order valence-corrected chi connectivity index (χ3v) is 4.68. The van der Waals surface area contributed by atoms with E-state index in [1.807, 2.05) is 0 Å². The van der Waals surface area contributed by atoms with Crippen LogP contribution in [-0.2, 0) is 19.1 Å². The summed E-state index contributed by atoms with van der Waals surface area (Å²) in [7, 11) is 0. The normalized spacial score (nSPS) is 16.6. The molecule has 1 aliphatic carbocycles. The second-order valence-electron chi connectivity index (χ2n) is 7.04. The predicted octanol–water partition coefficient (Wildman–Crippen LogP) is 5.67. The van der Waals surface area contributed by atoms with Crippen molar-refractivity contribution in [1.29, 1.82) is 0 Å². The highest BCUT2D eigenvalue weighted by atomic mass is 16.7. The quantitative estimate of drug-likeness (QED) is 0.261. The lowest BCUT2D eigenvalue weighted by Gasteiger charge is -2.35. The number of unbranched alkanes of at least 4 members (excludes halogenated alkanes) is 6. The van der Waals surface area contributed by atoms with Gasteiger partial charge in [0.2, 0.25) is 0 Å². The number of esters is 2. The Morgan fingerprint density at radius 2 is 1.17 bits per heavy atom. The molecule has 1 saturated carbocycles. The van der Waals surface area contributed by atoms with E-state index in [1.165, 1.54) is 0 Å². The van der Waals surface area contributed by atoms with Crippen molar-refractivity contribution in [3.05, 3.63) is 0 Å². The lowest BCUT2D eigenvalue weighted by molar-refractivity contribution is -0.239. The number of hydrogen-bond donors (Lipinski definition) is 0. The number of ether oxygens (including phenoxy) is 2. The third-order valence-electron chi connectivity index (χ3n) is 4.68. The summed E-state index contributed by atoms with van der Waals surface area (Å²) in [6.45, 7) is 4.30. The summed E-state index contributed by atoms with van der Waals surface area (Å²) in [5, 5.41) is 0. The fourth-order valence-electron chi connectivity index (χ4n) is 3.22. The first-order valence-corrected chi connectivity index (χ1v) is 10.1. The Bertz CT molecular complexity index is 331. The molecule has 4 heteroatoms. The van der Waals surface area contributed by atoms with E-state index in [9.17, 15) is 9.59 Å². The van der Waals surface area contributed by atoms with Gasteiger partial charge in [-0.3, -0.25) is 9.59 Å². The van der Waals surface area contributed by atoms with Crippen molar-refractivity contribution in [2.24, 2.45) is 0 Å². The Labute approximate surface area is 147 Å². The SMILES string of the molecule is CCCCCCC(=O)OC1(OC(=O)CCCCCC)CCCCC1. The maximum atomic E-state index is 12.1. The molecule has 0 radical (unpaired) electrons. The molecule has 1 rings (SSSR count). The summed E-state index contributed by atoms with van der Waals surface area (Å²) >= 11 is 0. The van der Waals surface area contributed by atoms with Gasteiger partial charge in [0, 0.05) is 25.7 Å². The largest absolute Gasteiger partial charge is 0.422 e. The second kappa shape index (κ2) is 12.3. The van der Waals surface area contributed by atoms with Crippen molar-refractivity contribution >= 4 is 11.9 Å². The molecular weight excluding hydrogens is 304 g/mol. The second-order valence-corrected chi connectivity index (χ2v) is 7.04. The van der Waals surface area contributed by atoms with Gasteiger partial charge in [0.05, 0.1) is 0 Å². The van der Waals surface area contributed by atoms with E-state index >= 15 is 0 Å². The number of rotatable bonds is 12. The lowest BCUT2D eigenvalue weighted by Crippen LogP contribution is -2.42. The van der Waals surface area contributed by atoms with Gasteiger partial charge in [0.15, 0.2) is 0 Å². The Hall–Kier alpha value is -1.06. The Balaban J connectivity index is 2.43. The van der Waals surface area contributed by atoms with Gasteiger partial charge in [-0.15, -0.1) is 0 Å². The first kappa shape index (κ1) is 21.0. The van der Waals surface area contributed by atoms with Gasteiger partial charge >= 0.3 is 11.9 Å². The van der Waals surface area contributed by atoms with Crippen molar-refractivity contribution in [3.63, 3.8) is 0 Å². The van der Waals surface area contributed by atoms with E-state index < -0.39 is 5.79 Å². The third kappa shape index (κ3) is 8.70. The maximum absolute atomic E-state index is 12.1. The Morgan fingerprint density at radius 1 is 0.708 bits per heavy atom. The van der Waals surface area contributed by atoms with E-state index in [4.69, 9.17) is 9.47 Å². The Morgan fingerprint density at radius 3 is 1.58 bits per heavy atom. The van der Waals surface area contributed by atoms with Crippen molar-refractivity contribution in [2.75, 3.05) is 0 Å². The molecule has 0 saturated heterocycles. The van der Waals surface area contributed by atoms with Crippen LogP contribution in [0, 0.1) is 0 Å². The minimum atomic E-state index is -0.984. The number of hydrogen-bond acceptors (Lipinski definition) is 4. The molecule has 0 aromatic rings. The highest BCUT2D eigenvalue weighted by molar-refractivity contribution is 5.72. The van der Waals surface area contributed by atoms with Crippen LogP contribution in [0.5, 0.6) is 0 Å². The molecule has 1 fully saturated rings. The fourth-order valence-corrected chi connectivity index (χ4v) is 3.22. The zero-order chi connectivity index (χ0) is 17.7. The van der Waals surface area contributed by atoms with Gasteiger partial charge in [-0.05, 0) is 25.7 Å². The topological polar surface area (TPSA) is 52.6 Å². The number of carbonyl (C=O) groups is 2. The number of carbonyl (C=O) groups excluding carboxylic acids is 2. The molecule has 0 bridgehead atoms. The molecule has 24 heavy (non-hydrogen) atoms. The van der Waals surface area contributed by atoms with E-state index in [1.54, 1.807) is 0 Å². The van der Waals surface area contributed by atoms with Gasteiger partial charge in [-0.1, -0.05) is 58.8 Å². The summed E-state index contributed by atoms with van der Waals surface area (Å²) in [5.41, 5.74) is 0. The van der Waals surface area contributed by atoms with Crippen molar-refractivity contribution < 1.29 is 19.1 Å². The zero-order valence-electron chi connectivity index (χ0n) is 15.7. The van der Waals surface area contributed by atoms with Crippen LogP contribution in [0.2, 0.25) is 0 Å². The van der Waals surface area contributed by atoms with Crippen LogP contribution >= 0.6 is 0 Å². The van der Waals surface area contributed by atoms with Gasteiger partial charge in [-0.25, -0.2) is 0 Å². The molecule has 0 heterocycles. The molecule has 140 valence electrons. The van der Waals surface area contributed by atoms with E-state index in [2.05, 4.69) is 13.8 Å². The molecule has 0 N–H and O–H groups in total.